The summed E-state index contributed by atoms with van der Waals surface area (Å²) >= 11 is 0. The molecule has 0 aliphatic carbocycles. The SMILES string of the molecule is CC1(C)CN(c2ccccccccc2)S(=O)(=O)N([C@@H]2CCN(C#N)C2)C1. The Morgan fingerprint density at radius 3 is 2.19 bits per heavy atom. The van der Waals surface area contributed by atoms with Gasteiger partial charge in [0, 0.05) is 32.2 Å². The van der Waals surface area contributed by atoms with E-state index in [0.29, 0.717) is 38.3 Å². The highest BCUT2D eigenvalue weighted by Crippen LogP contribution is 2.35. The molecule has 144 valence electrons. The van der Waals surface area contributed by atoms with Gasteiger partial charge < -0.3 is 4.90 Å². The lowest BCUT2D eigenvalue weighted by Crippen LogP contribution is -2.60. The monoisotopic (exact) mass is 386 g/mol. The molecule has 6 nitrogen and oxygen atoms in total. The van der Waals surface area contributed by atoms with Crippen LogP contribution in [0.2, 0.25) is 0 Å². The molecule has 2 saturated heterocycles. The number of likely N-dealkylation sites (tertiary alicyclic amines) is 1. The largest absolute Gasteiger partial charge is 0.309 e. The Morgan fingerprint density at radius 2 is 1.63 bits per heavy atom. The quantitative estimate of drug-likeness (QED) is 0.733. The highest BCUT2D eigenvalue weighted by molar-refractivity contribution is 7.90. The average Bonchev–Trinajstić information content (AvgIpc) is 3.10. The number of hydrogen-bond acceptors (Lipinski definition) is 4. The van der Waals surface area contributed by atoms with Crippen molar-refractivity contribution < 1.29 is 8.42 Å². The van der Waals surface area contributed by atoms with Crippen molar-refractivity contribution in [2.24, 2.45) is 5.41 Å². The fraction of sp³-hybridized carbons (Fsp3) is 0.450. The van der Waals surface area contributed by atoms with Gasteiger partial charge in [-0.05, 0) is 24.0 Å². The van der Waals surface area contributed by atoms with Gasteiger partial charge in [-0.1, -0.05) is 56.3 Å². The van der Waals surface area contributed by atoms with Gasteiger partial charge in [-0.2, -0.15) is 18.0 Å². The normalized spacial score (nSPS) is 24.1. The van der Waals surface area contributed by atoms with Crippen LogP contribution in [0.25, 0.3) is 0 Å². The maximum atomic E-state index is 13.5. The second-order valence-electron chi connectivity index (χ2n) is 7.82. The van der Waals surface area contributed by atoms with Crippen molar-refractivity contribution in [1.29, 1.82) is 5.26 Å². The summed E-state index contributed by atoms with van der Waals surface area (Å²) in [6.07, 6.45) is 2.82. The standard InChI is InChI=1S/C20H26N4O2S/c1-20(2)15-23(18-10-8-6-4-3-5-7-9-11-18)27(25,26)24(16-20)19-12-13-22(14-19)17-21/h3-11,19H,12-16H2,1-2H3/t19-/m1/s1. The van der Waals surface area contributed by atoms with Crippen molar-refractivity contribution in [3.05, 3.63) is 54.6 Å². The van der Waals surface area contributed by atoms with Crippen LogP contribution in [0.5, 0.6) is 0 Å². The first kappa shape index (κ1) is 19.5. The lowest BCUT2D eigenvalue weighted by Gasteiger charge is -2.46. The van der Waals surface area contributed by atoms with Crippen molar-refractivity contribution >= 4 is 15.9 Å². The highest BCUT2D eigenvalue weighted by Gasteiger charge is 2.46. The minimum atomic E-state index is -3.66. The zero-order valence-electron chi connectivity index (χ0n) is 15.8. The average molecular weight is 387 g/mol. The Balaban J connectivity index is 2.01. The predicted octanol–water partition coefficient (Wildman–Crippen LogP) is 2.76. The molecule has 0 aromatic heterocycles. The predicted molar refractivity (Wildman–Crippen MR) is 106 cm³/mol. The lowest BCUT2D eigenvalue weighted by molar-refractivity contribution is 0.206. The number of nitrogens with zero attached hydrogens (tertiary/aromatic N) is 4. The van der Waals surface area contributed by atoms with Crippen molar-refractivity contribution in [2.75, 3.05) is 30.5 Å². The van der Waals surface area contributed by atoms with E-state index in [-0.39, 0.29) is 11.5 Å². The summed E-state index contributed by atoms with van der Waals surface area (Å²) in [5.74, 6) is 0. The molecule has 0 saturated carbocycles. The van der Waals surface area contributed by atoms with E-state index in [1.54, 1.807) is 9.21 Å². The van der Waals surface area contributed by atoms with Crippen molar-refractivity contribution in [3.8, 4) is 6.19 Å². The molecule has 0 amide bonds. The zero-order valence-corrected chi connectivity index (χ0v) is 16.6. The summed E-state index contributed by atoms with van der Waals surface area (Å²) < 4.78 is 30.0. The summed E-state index contributed by atoms with van der Waals surface area (Å²) in [5.41, 5.74) is 0.439. The first-order chi connectivity index (χ1) is 12.8. The van der Waals surface area contributed by atoms with Crippen LogP contribution in [0.4, 0.5) is 5.69 Å². The third-order valence-electron chi connectivity index (χ3n) is 4.93. The Kier molecular flexibility index (Phi) is 5.59. The summed E-state index contributed by atoms with van der Waals surface area (Å²) in [4.78, 5) is 1.63. The topological polar surface area (TPSA) is 67.7 Å². The van der Waals surface area contributed by atoms with E-state index in [1.165, 1.54) is 4.31 Å². The summed E-state index contributed by atoms with van der Waals surface area (Å²) in [7, 11) is -3.66. The van der Waals surface area contributed by atoms with E-state index in [1.807, 2.05) is 54.6 Å². The molecule has 3 rings (SSSR count). The molecule has 27 heavy (non-hydrogen) atoms. The first-order valence-corrected chi connectivity index (χ1v) is 10.6. The number of nitriles is 1. The van der Waals surface area contributed by atoms with Crippen molar-refractivity contribution in [1.82, 2.24) is 9.21 Å². The van der Waals surface area contributed by atoms with Gasteiger partial charge in [-0.3, -0.25) is 4.31 Å². The molecule has 2 aliphatic heterocycles. The molecule has 1 atom stereocenters. The molecule has 7 heteroatoms. The first-order valence-electron chi connectivity index (χ1n) is 9.16. The Hall–Kier alpha value is -2.30. The van der Waals surface area contributed by atoms with E-state index < -0.39 is 10.2 Å². The maximum Gasteiger partial charge on any atom is 0.304 e. The van der Waals surface area contributed by atoms with Crippen LogP contribution in [0.15, 0.2) is 54.6 Å². The Labute approximate surface area is 162 Å². The molecular weight excluding hydrogens is 360 g/mol. The summed E-state index contributed by atoms with van der Waals surface area (Å²) in [6, 6.07) is 16.7. The molecule has 1 aromatic carbocycles. The van der Waals surface area contributed by atoms with Crippen LogP contribution in [0, 0.1) is 16.9 Å². The van der Waals surface area contributed by atoms with Gasteiger partial charge in [0.25, 0.3) is 0 Å². The van der Waals surface area contributed by atoms with Crippen LogP contribution < -0.4 is 4.31 Å². The second kappa shape index (κ2) is 7.75. The van der Waals surface area contributed by atoms with Crippen molar-refractivity contribution in [3.63, 3.8) is 0 Å². The van der Waals surface area contributed by atoms with Gasteiger partial charge in [0.15, 0.2) is 6.19 Å². The van der Waals surface area contributed by atoms with Gasteiger partial charge in [0.1, 0.15) is 0 Å². The minimum absolute atomic E-state index is 0.167. The Morgan fingerprint density at radius 1 is 1.04 bits per heavy atom. The van der Waals surface area contributed by atoms with Gasteiger partial charge in [0.05, 0.1) is 5.69 Å². The van der Waals surface area contributed by atoms with Crippen molar-refractivity contribution in [2.45, 2.75) is 26.3 Å². The minimum Gasteiger partial charge on any atom is -0.309 e. The van der Waals surface area contributed by atoms with E-state index in [2.05, 4.69) is 20.0 Å². The van der Waals surface area contributed by atoms with Crippen LogP contribution in [0.3, 0.4) is 0 Å². The van der Waals surface area contributed by atoms with Gasteiger partial charge in [-0.15, -0.1) is 0 Å². The van der Waals surface area contributed by atoms with Gasteiger partial charge in [0.2, 0.25) is 0 Å². The second-order valence-corrected chi connectivity index (χ2v) is 9.62. The third kappa shape index (κ3) is 4.34. The molecule has 0 N–H and O–H groups in total. The maximum absolute atomic E-state index is 13.5. The Bertz CT molecular complexity index is 852. The van der Waals surface area contributed by atoms with Gasteiger partial charge in [-0.25, -0.2) is 0 Å². The molecule has 0 radical (unpaired) electrons. The van der Waals surface area contributed by atoms with Crippen LogP contribution in [0.1, 0.15) is 20.3 Å². The smallest absolute Gasteiger partial charge is 0.304 e. The molecule has 1 aromatic rings. The number of anilines is 1. The van der Waals surface area contributed by atoms with E-state index in [4.69, 9.17) is 5.26 Å². The molecular formula is C20H26N4O2S. The number of rotatable bonds is 2. The molecule has 2 heterocycles. The van der Waals surface area contributed by atoms with E-state index >= 15 is 0 Å². The summed E-state index contributed by atoms with van der Waals surface area (Å²) in [5, 5.41) is 9.14. The third-order valence-corrected chi connectivity index (χ3v) is 6.85. The fourth-order valence-corrected chi connectivity index (χ4v) is 5.83. The van der Waals surface area contributed by atoms with Crippen LogP contribution in [-0.2, 0) is 10.2 Å². The highest BCUT2D eigenvalue weighted by atomic mass is 32.2. The summed E-state index contributed by atoms with van der Waals surface area (Å²) in [6.45, 7) is 6.12. The molecule has 0 spiro atoms. The van der Waals surface area contributed by atoms with Crippen LogP contribution >= 0.6 is 0 Å². The van der Waals surface area contributed by atoms with Gasteiger partial charge >= 0.3 is 10.2 Å². The van der Waals surface area contributed by atoms with Crippen LogP contribution in [-0.4, -0.2) is 49.8 Å². The molecule has 2 fully saturated rings. The van der Waals surface area contributed by atoms with E-state index in [9.17, 15) is 8.42 Å². The molecule has 0 bridgehead atoms. The molecule has 2 aliphatic rings. The molecule has 0 unspecified atom stereocenters. The fourth-order valence-electron chi connectivity index (χ4n) is 3.61. The zero-order chi connectivity index (χ0) is 19.5. The number of hydrogen-bond donors (Lipinski definition) is 0. The lowest BCUT2D eigenvalue weighted by atomic mass is 9.92. The van der Waals surface area contributed by atoms with E-state index in [0.717, 1.165) is 0 Å².